The van der Waals surface area contributed by atoms with E-state index in [9.17, 15) is 4.79 Å². The van der Waals surface area contributed by atoms with Crippen LogP contribution in [0.5, 0.6) is 0 Å². The van der Waals surface area contributed by atoms with Gasteiger partial charge in [-0.3, -0.25) is 4.79 Å². The standard InChI is InChI=1S/C23H27N7O2/c24-20-19(22-28-27-21(32-22)16-7-3-1-4-8-16)26-18(15-25-20)29-11-13-30(14-12-29)23(31)17-9-5-2-6-10-17/h1,3-4,7-8,15,17H,2,5-6,9-14H2,(H2,24,25). The molecule has 2 N–H and O–H groups in total. The molecule has 0 bridgehead atoms. The molecule has 9 nitrogen and oxygen atoms in total. The van der Waals surface area contributed by atoms with Crippen LogP contribution in [0.3, 0.4) is 0 Å². The lowest BCUT2D eigenvalue weighted by molar-refractivity contribution is -0.136. The first kappa shape index (κ1) is 20.4. The van der Waals surface area contributed by atoms with Gasteiger partial charge in [-0.05, 0) is 25.0 Å². The molecule has 1 saturated heterocycles. The van der Waals surface area contributed by atoms with E-state index < -0.39 is 0 Å². The van der Waals surface area contributed by atoms with Gasteiger partial charge < -0.3 is 20.0 Å². The fourth-order valence-electron chi connectivity index (χ4n) is 4.48. The smallest absolute Gasteiger partial charge is 0.270 e. The number of nitrogens with zero attached hydrogens (tertiary/aromatic N) is 6. The van der Waals surface area contributed by atoms with E-state index in [0.29, 0.717) is 49.5 Å². The molecule has 3 aromatic rings. The minimum absolute atomic E-state index is 0.203. The van der Waals surface area contributed by atoms with Crippen molar-refractivity contribution in [2.75, 3.05) is 36.8 Å². The first-order valence-corrected chi connectivity index (χ1v) is 11.2. The SMILES string of the molecule is Nc1ncc(N2CCN(C(=O)C3CCCCC3)CC2)nc1-c1nnc(-c2ccccc2)o1. The topological polar surface area (TPSA) is 114 Å². The van der Waals surface area contributed by atoms with Gasteiger partial charge in [-0.1, -0.05) is 37.5 Å². The Bertz CT molecular complexity index is 1070. The highest BCUT2D eigenvalue weighted by molar-refractivity contribution is 5.79. The predicted molar refractivity (Wildman–Crippen MR) is 121 cm³/mol. The summed E-state index contributed by atoms with van der Waals surface area (Å²) in [6, 6.07) is 9.54. The van der Waals surface area contributed by atoms with Gasteiger partial charge >= 0.3 is 0 Å². The minimum atomic E-state index is 0.203. The van der Waals surface area contributed by atoms with Gasteiger partial charge in [-0.15, -0.1) is 10.2 Å². The van der Waals surface area contributed by atoms with E-state index in [-0.39, 0.29) is 17.6 Å². The Labute approximate surface area is 186 Å². The molecule has 3 heterocycles. The third-order valence-corrected chi connectivity index (χ3v) is 6.31. The van der Waals surface area contributed by atoms with Crippen LogP contribution in [0.1, 0.15) is 32.1 Å². The van der Waals surface area contributed by atoms with E-state index in [1.54, 1.807) is 6.20 Å². The molecule has 0 atom stereocenters. The van der Waals surface area contributed by atoms with E-state index >= 15 is 0 Å². The van der Waals surface area contributed by atoms with Crippen molar-refractivity contribution in [3.63, 3.8) is 0 Å². The fraction of sp³-hybridized carbons (Fsp3) is 0.435. The number of nitrogen functional groups attached to an aromatic ring is 1. The van der Waals surface area contributed by atoms with E-state index in [4.69, 9.17) is 10.2 Å². The molecule has 5 rings (SSSR count). The van der Waals surface area contributed by atoms with Crippen LogP contribution in [0.4, 0.5) is 11.6 Å². The van der Waals surface area contributed by atoms with Crippen molar-refractivity contribution < 1.29 is 9.21 Å². The number of carbonyl (C=O) groups excluding carboxylic acids is 1. The van der Waals surface area contributed by atoms with Crippen LogP contribution in [0, 0.1) is 5.92 Å². The molecule has 1 amide bonds. The van der Waals surface area contributed by atoms with Gasteiger partial charge in [0, 0.05) is 37.7 Å². The number of anilines is 2. The lowest BCUT2D eigenvalue weighted by Crippen LogP contribution is -2.50. The second-order valence-electron chi connectivity index (χ2n) is 8.39. The van der Waals surface area contributed by atoms with Crippen molar-refractivity contribution in [3.05, 3.63) is 36.5 Å². The first-order chi connectivity index (χ1) is 15.7. The molecule has 166 valence electrons. The maximum absolute atomic E-state index is 12.8. The van der Waals surface area contributed by atoms with E-state index in [1.165, 1.54) is 19.3 Å². The number of benzene rings is 1. The first-order valence-electron chi connectivity index (χ1n) is 11.2. The van der Waals surface area contributed by atoms with E-state index in [2.05, 4.69) is 25.1 Å². The summed E-state index contributed by atoms with van der Waals surface area (Å²) in [5.41, 5.74) is 7.27. The number of nitrogens with two attached hydrogens (primary N) is 1. The summed E-state index contributed by atoms with van der Waals surface area (Å²) in [6.07, 6.45) is 7.31. The van der Waals surface area contributed by atoms with Crippen molar-refractivity contribution >= 4 is 17.5 Å². The highest BCUT2D eigenvalue weighted by Crippen LogP contribution is 2.28. The highest BCUT2D eigenvalue weighted by atomic mass is 16.4. The van der Waals surface area contributed by atoms with Crippen molar-refractivity contribution in [3.8, 4) is 23.0 Å². The zero-order chi connectivity index (χ0) is 21.9. The van der Waals surface area contributed by atoms with Crippen LogP contribution in [-0.4, -0.2) is 57.2 Å². The summed E-state index contributed by atoms with van der Waals surface area (Å²) < 4.78 is 5.82. The highest BCUT2D eigenvalue weighted by Gasteiger charge is 2.29. The number of carbonyl (C=O) groups is 1. The average Bonchev–Trinajstić information content (AvgIpc) is 3.35. The number of amides is 1. The molecule has 2 fully saturated rings. The summed E-state index contributed by atoms with van der Waals surface area (Å²) in [5.74, 6) is 2.09. The quantitative estimate of drug-likeness (QED) is 0.668. The van der Waals surface area contributed by atoms with Crippen LogP contribution in [-0.2, 0) is 4.79 Å². The molecular formula is C23H27N7O2. The molecule has 2 aliphatic rings. The second-order valence-corrected chi connectivity index (χ2v) is 8.39. The Morgan fingerprint density at radius 3 is 2.44 bits per heavy atom. The number of hydrogen-bond acceptors (Lipinski definition) is 8. The molecule has 0 spiro atoms. The third kappa shape index (κ3) is 4.15. The number of aromatic nitrogens is 4. The van der Waals surface area contributed by atoms with Crippen molar-refractivity contribution in [1.29, 1.82) is 0 Å². The number of hydrogen-bond donors (Lipinski definition) is 1. The van der Waals surface area contributed by atoms with Gasteiger partial charge in [-0.2, -0.15) is 0 Å². The minimum Gasteiger partial charge on any atom is -0.414 e. The summed E-state index contributed by atoms with van der Waals surface area (Å²) in [7, 11) is 0. The van der Waals surface area contributed by atoms with E-state index in [0.717, 1.165) is 18.4 Å². The van der Waals surface area contributed by atoms with Gasteiger partial charge in [0.05, 0.1) is 6.20 Å². The molecule has 0 unspecified atom stereocenters. The van der Waals surface area contributed by atoms with Crippen LogP contribution in [0.15, 0.2) is 40.9 Å². The normalized spacial score (nSPS) is 17.5. The van der Waals surface area contributed by atoms with Crippen molar-refractivity contribution in [2.24, 2.45) is 5.92 Å². The molecule has 32 heavy (non-hydrogen) atoms. The van der Waals surface area contributed by atoms with Crippen LogP contribution in [0.2, 0.25) is 0 Å². The van der Waals surface area contributed by atoms with Crippen molar-refractivity contribution in [2.45, 2.75) is 32.1 Å². The molecule has 1 aromatic carbocycles. The predicted octanol–water partition coefficient (Wildman–Crippen LogP) is 3.00. The fourth-order valence-corrected chi connectivity index (χ4v) is 4.48. The Hall–Kier alpha value is -3.49. The Kier molecular flexibility index (Phi) is 5.70. The van der Waals surface area contributed by atoms with Crippen LogP contribution < -0.4 is 10.6 Å². The summed E-state index contributed by atoms with van der Waals surface area (Å²) >= 11 is 0. The molecule has 1 saturated carbocycles. The lowest BCUT2D eigenvalue weighted by Gasteiger charge is -2.37. The third-order valence-electron chi connectivity index (χ3n) is 6.31. The molecule has 2 aromatic heterocycles. The second kappa shape index (κ2) is 8.94. The van der Waals surface area contributed by atoms with Gasteiger partial charge in [0.1, 0.15) is 5.82 Å². The zero-order valence-electron chi connectivity index (χ0n) is 18.0. The lowest BCUT2D eigenvalue weighted by atomic mass is 9.88. The van der Waals surface area contributed by atoms with Crippen molar-refractivity contribution in [1.82, 2.24) is 25.1 Å². The zero-order valence-corrected chi connectivity index (χ0v) is 18.0. The van der Waals surface area contributed by atoms with Gasteiger partial charge in [-0.25, -0.2) is 9.97 Å². The Morgan fingerprint density at radius 1 is 0.969 bits per heavy atom. The summed E-state index contributed by atoms with van der Waals surface area (Å²) in [6.45, 7) is 2.79. The monoisotopic (exact) mass is 433 g/mol. The Morgan fingerprint density at radius 2 is 1.69 bits per heavy atom. The molecule has 1 aliphatic carbocycles. The summed E-state index contributed by atoms with van der Waals surface area (Å²) in [4.78, 5) is 25.9. The molecule has 1 aliphatic heterocycles. The van der Waals surface area contributed by atoms with Crippen LogP contribution in [0.25, 0.3) is 23.0 Å². The van der Waals surface area contributed by atoms with Gasteiger partial charge in [0.15, 0.2) is 11.5 Å². The largest absolute Gasteiger partial charge is 0.414 e. The summed E-state index contributed by atoms with van der Waals surface area (Å²) in [5, 5.41) is 8.25. The maximum atomic E-state index is 12.8. The average molecular weight is 434 g/mol. The molecule has 0 radical (unpaired) electrons. The van der Waals surface area contributed by atoms with Gasteiger partial charge in [0.25, 0.3) is 5.89 Å². The van der Waals surface area contributed by atoms with Crippen LogP contribution >= 0.6 is 0 Å². The number of piperazine rings is 1. The Balaban J connectivity index is 1.29. The molecule has 9 heteroatoms. The van der Waals surface area contributed by atoms with Gasteiger partial charge in [0.2, 0.25) is 11.8 Å². The molecular weight excluding hydrogens is 406 g/mol. The van der Waals surface area contributed by atoms with E-state index in [1.807, 2.05) is 35.2 Å². The maximum Gasteiger partial charge on any atom is 0.270 e. The number of rotatable bonds is 4.